The fraction of sp³-hybridized carbons (Fsp3) is 0.500. The molecule has 0 radical (unpaired) electrons. The first-order valence-electron chi connectivity index (χ1n) is 7.85. The molecule has 3 rings (SSSR count). The van der Waals surface area contributed by atoms with E-state index < -0.39 is 0 Å². The molecule has 0 aliphatic heterocycles. The molecule has 1 saturated carbocycles. The van der Waals surface area contributed by atoms with Crippen LogP contribution in [0.25, 0.3) is 0 Å². The predicted octanol–water partition coefficient (Wildman–Crippen LogP) is 4.17. The van der Waals surface area contributed by atoms with Crippen LogP contribution >= 0.6 is 0 Å². The number of hydrogen-bond acceptors (Lipinski definition) is 2. The Hall–Kier alpha value is -1.77. The maximum Gasteiger partial charge on any atom is 0.0659 e. The zero-order valence-electron chi connectivity index (χ0n) is 13.2. The summed E-state index contributed by atoms with van der Waals surface area (Å²) >= 11 is 0. The van der Waals surface area contributed by atoms with Gasteiger partial charge in [0.25, 0.3) is 0 Å². The molecular weight excluding hydrogens is 258 g/mol. The second-order valence-electron chi connectivity index (χ2n) is 7.20. The Labute approximate surface area is 127 Å². The Balaban J connectivity index is 1.62. The molecule has 0 saturated heterocycles. The van der Waals surface area contributed by atoms with E-state index in [1.807, 2.05) is 23.1 Å². The first-order chi connectivity index (χ1) is 10.0. The Morgan fingerprint density at radius 3 is 2.57 bits per heavy atom. The molecule has 112 valence electrons. The quantitative estimate of drug-likeness (QED) is 0.912. The summed E-state index contributed by atoms with van der Waals surface area (Å²) in [7, 11) is 0. The third kappa shape index (κ3) is 3.46. The molecule has 3 nitrogen and oxygen atoms in total. The van der Waals surface area contributed by atoms with Crippen molar-refractivity contribution < 1.29 is 0 Å². The minimum atomic E-state index is 0.469. The first-order valence-corrected chi connectivity index (χ1v) is 7.85. The lowest BCUT2D eigenvalue weighted by atomic mass is 9.91. The van der Waals surface area contributed by atoms with E-state index in [0.29, 0.717) is 11.5 Å². The van der Waals surface area contributed by atoms with E-state index in [9.17, 15) is 0 Å². The maximum absolute atomic E-state index is 4.24. The molecule has 1 fully saturated rings. The van der Waals surface area contributed by atoms with Gasteiger partial charge in [-0.05, 0) is 47.9 Å². The van der Waals surface area contributed by atoms with Gasteiger partial charge in [-0.3, -0.25) is 4.68 Å². The highest BCUT2D eigenvalue weighted by Crippen LogP contribution is 2.42. The van der Waals surface area contributed by atoms with E-state index in [0.717, 1.165) is 12.5 Å². The number of rotatable bonds is 4. The molecular formula is C18H25N3. The molecule has 21 heavy (non-hydrogen) atoms. The molecule has 3 heteroatoms. The second-order valence-corrected chi connectivity index (χ2v) is 7.20. The Kier molecular flexibility index (Phi) is 3.75. The smallest absolute Gasteiger partial charge is 0.0659 e. The highest BCUT2D eigenvalue weighted by Gasteiger charge is 2.36. The van der Waals surface area contributed by atoms with E-state index in [4.69, 9.17) is 0 Å². The van der Waals surface area contributed by atoms with Crippen molar-refractivity contribution >= 4 is 5.69 Å². The number of anilines is 1. The summed E-state index contributed by atoms with van der Waals surface area (Å²) in [6, 6.07) is 11.3. The zero-order chi connectivity index (χ0) is 14.9. The van der Waals surface area contributed by atoms with Gasteiger partial charge in [-0.15, -0.1) is 0 Å². The van der Waals surface area contributed by atoms with E-state index in [-0.39, 0.29) is 0 Å². The van der Waals surface area contributed by atoms with Crippen molar-refractivity contribution in [2.24, 2.45) is 11.3 Å². The highest BCUT2D eigenvalue weighted by molar-refractivity contribution is 5.46. The lowest BCUT2D eigenvalue weighted by molar-refractivity contribution is 0.366. The SMILES string of the molecule is CC1CC(C)(C)CC1Nc1ccc(Cn2cccn2)cc1. The van der Waals surface area contributed by atoms with Crippen molar-refractivity contribution in [1.82, 2.24) is 9.78 Å². The molecule has 1 heterocycles. The third-order valence-electron chi connectivity index (χ3n) is 4.54. The van der Waals surface area contributed by atoms with Gasteiger partial charge in [0, 0.05) is 24.1 Å². The molecule has 1 aromatic carbocycles. The van der Waals surface area contributed by atoms with Crippen LogP contribution in [0.2, 0.25) is 0 Å². The average molecular weight is 283 g/mol. The molecule has 0 bridgehead atoms. The van der Waals surface area contributed by atoms with Crippen LogP contribution in [0, 0.1) is 11.3 Å². The van der Waals surface area contributed by atoms with Crippen molar-refractivity contribution in [1.29, 1.82) is 0 Å². The number of nitrogens with one attached hydrogen (secondary N) is 1. The van der Waals surface area contributed by atoms with Crippen molar-refractivity contribution in [3.05, 3.63) is 48.3 Å². The Morgan fingerprint density at radius 1 is 1.24 bits per heavy atom. The number of nitrogens with zero attached hydrogens (tertiary/aromatic N) is 2. The number of hydrogen-bond donors (Lipinski definition) is 1. The molecule has 2 atom stereocenters. The van der Waals surface area contributed by atoms with E-state index in [1.165, 1.54) is 24.1 Å². The van der Waals surface area contributed by atoms with Crippen molar-refractivity contribution in [3.63, 3.8) is 0 Å². The summed E-state index contributed by atoms with van der Waals surface area (Å²) in [5.41, 5.74) is 2.98. The highest BCUT2D eigenvalue weighted by atomic mass is 15.3. The summed E-state index contributed by atoms with van der Waals surface area (Å²) in [5, 5.41) is 7.95. The molecule has 1 N–H and O–H groups in total. The summed E-state index contributed by atoms with van der Waals surface area (Å²) in [5.74, 6) is 0.740. The van der Waals surface area contributed by atoms with Gasteiger partial charge < -0.3 is 5.32 Å². The normalized spacial score (nSPS) is 24.1. The van der Waals surface area contributed by atoms with Crippen molar-refractivity contribution in [2.75, 3.05) is 5.32 Å². The zero-order valence-corrected chi connectivity index (χ0v) is 13.2. The van der Waals surface area contributed by atoms with Crippen LogP contribution in [-0.4, -0.2) is 15.8 Å². The van der Waals surface area contributed by atoms with Crippen LogP contribution in [0.4, 0.5) is 5.69 Å². The van der Waals surface area contributed by atoms with Crippen LogP contribution in [-0.2, 0) is 6.54 Å². The van der Waals surface area contributed by atoms with E-state index in [2.05, 4.69) is 55.5 Å². The standard InChI is InChI=1S/C18H25N3/c1-14-11-18(2,3)12-17(14)20-16-7-5-15(6-8-16)13-21-10-4-9-19-21/h4-10,14,17,20H,11-13H2,1-3H3. The molecule has 1 aliphatic rings. The largest absolute Gasteiger partial charge is 0.382 e. The average Bonchev–Trinajstić information content (AvgIpc) is 3.00. The lowest BCUT2D eigenvalue weighted by Gasteiger charge is -2.20. The van der Waals surface area contributed by atoms with Gasteiger partial charge >= 0.3 is 0 Å². The third-order valence-corrected chi connectivity index (χ3v) is 4.54. The van der Waals surface area contributed by atoms with Gasteiger partial charge in [0.2, 0.25) is 0 Å². The van der Waals surface area contributed by atoms with Gasteiger partial charge in [0.05, 0.1) is 6.54 Å². The van der Waals surface area contributed by atoms with Crippen LogP contribution in [0.5, 0.6) is 0 Å². The van der Waals surface area contributed by atoms with Crippen LogP contribution < -0.4 is 5.32 Å². The Bertz CT molecular complexity index is 569. The van der Waals surface area contributed by atoms with E-state index >= 15 is 0 Å². The number of aromatic nitrogens is 2. The van der Waals surface area contributed by atoms with Crippen molar-refractivity contribution in [3.8, 4) is 0 Å². The summed E-state index contributed by atoms with van der Waals surface area (Å²) in [4.78, 5) is 0. The molecule has 0 amide bonds. The van der Waals surface area contributed by atoms with Crippen LogP contribution in [0.15, 0.2) is 42.7 Å². The van der Waals surface area contributed by atoms with Crippen LogP contribution in [0.3, 0.4) is 0 Å². The fourth-order valence-corrected chi connectivity index (χ4v) is 3.59. The Morgan fingerprint density at radius 2 is 2.00 bits per heavy atom. The van der Waals surface area contributed by atoms with Crippen LogP contribution in [0.1, 0.15) is 39.2 Å². The summed E-state index contributed by atoms with van der Waals surface area (Å²) in [6.07, 6.45) is 6.37. The monoisotopic (exact) mass is 283 g/mol. The minimum absolute atomic E-state index is 0.469. The number of benzene rings is 1. The fourth-order valence-electron chi connectivity index (χ4n) is 3.59. The van der Waals surface area contributed by atoms with Gasteiger partial charge in [-0.1, -0.05) is 32.9 Å². The second kappa shape index (κ2) is 5.55. The summed E-state index contributed by atoms with van der Waals surface area (Å²) < 4.78 is 1.95. The lowest BCUT2D eigenvalue weighted by Crippen LogP contribution is -2.22. The van der Waals surface area contributed by atoms with Gasteiger partial charge in [-0.2, -0.15) is 5.10 Å². The maximum atomic E-state index is 4.24. The predicted molar refractivity (Wildman–Crippen MR) is 87.4 cm³/mol. The molecule has 1 aromatic heterocycles. The minimum Gasteiger partial charge on any atom is -0.382 e. The molecule has 2 unspecified atom stereocenters. The van der Waals surface area contributed by atoms with E-state index in [1.54, 1.807) is 0 Å². The summed E-state index contributed by atoms with van der Waals surface area (Å²) in [6.45, 7) is 7.94. The molecule has 2 aromatic rings. The van der Waals surface area contributed by atoms with Crippen molar-refractivity contribution in [2.45, 2.75) is 46.2 Å². The first kappa shape index (κ1) is 14.2. The van der Waals surface area contributed by atoms with Gasteiger partial charge in [0.15, 0.2) is 0 Å². The van der Waals surface area contributed by atoms with Gasteiger partial charge in [-0.25, -0.2) is 0 Å². The van der Waals surface area contributed by atoms with Gasteiger partial charge in [0.1, 0.15) is 0 Å². The molecule has 0 spiro atoms. The topological polar surface area (TPSA) is 29.9 Å². The molecule has 1 aliphatic carbocycles.